The van der Waals surface area contributed by atoms with Crippen LogP contribution in [0.4, 0.5) is 0 Å². The van der Waals surface area contributed by atoms with Gasteiger partial charge >= 0.3 is 401 Å². The Morgan fingerprint density at radius 3 is 1.13 bits per heavy atom. The van der Waals surface area contributed by atoms with E-state index in [1.165, 1.54) is 0 Å². The van der Waals surface area contributed by atoms with Crippen LogP contribution in [0.5, 0.6) is 0 Å². The van der Waals surface area contributed by atoms with Crippen LogP contribution in [0.3, 0.4) is 0 Å². The number of allylic oxidation sites excluding steroid dienone is 2. The van der Waals surface area contributed by atoms with E-state index in [9.17, 15) is 0 Å². The molecule has 8 rings (SSSR count). The molecule has 0 fully saturated rings. The Morgan fingerprint density at radius 1 is 0.516 bits per heavy atom. The SMILES string of the molecule is Cc1ccc(C2=Cc3c(ccc(C)c3-c3cc(Cl)c([Si](C)(C)C)c(Cl)c3)[CH]2[Zr]([Cl])([Cl])([CH]2C(c3ccc(C)o3)=Cc3c2ccc(C)c3-c2cc(Cl)c([Si](C)(C)C)c(Cl)c2)=[Si](C)C)o1. The minimum absolute atomic E-state index is 0.337. The zero-order valence-electron chi connectivity index (χ0n) is 37.3. The Bertz CT molecular complexity index is 2780. The summed E-state index contributed by atoms with van der Waals surface area (Å²) in [5.74, 6) is 3.19. The monoisotopic (exact) mass is 1070 g/mol. The predicted molar refractivity (Wildman–Crippen MR) is 277 cm³/mol. The fraction of sp³-hybridized carbons (Fsp3) is 0.280. The molecule has 0 amide bonds. The summed E-state index contributed by atoms with van der Waals surface area (Å²) < 4.78 is 12.5. The molecular weight excluding hydrogens is 1020 g/mol. The quantitative estimate of drug-likeness (QED) is 0.142. The summed E-state index contributed by atoms with van der Waals surface area (Å²) in [7, 11) is 14.3. The van der Waals surface area contributed by atoms with Gasteiger partial charge in [-0.15, -0.1) is 0 Å². The molecule has 12 heteroatoms. The Morgan fingerprint density at radius 2 is 0.855 bits per heavy atom. The average molecular weight is 1070 g/mol. The molecule has 0 saturated carbocycles. The summed E-state index contributed by atoms with van der Waals surface area (Å²) in [6, 6.07) is 25.5. The van der Waals surface area contributed by atoms with Gasteiger partial charge < -0.3 is 0 Å². The van der Waals surface area contributed by atoms with Crippen molar-refractivity contribution < 1.29 is 23.8 Å². The second-order valence-electron chi connectivity index (χ2n) is 19.7. The van der Waals surface area contributed by atoms with Gasteiger partial charge in [0, 0.05) is 0 Å². The van der Waals surface area contributed by atoms with E-state index in [0.717, 1.165) is 100 Å². The third-order valence-corrected chi connectivity index (χ3v) is 65.2. The van der Waals surface area contributed by atoms with Gasteiger partial charge in [0.25, 0.3) is 0 Å². The van der Waals surface area contributed by atoms with Crippen molar-refractivity contribution in [3.05, 3.63) is 149 Å². The number of fused-ring (bicyclic) bond motifs is 2. The summed E-state index contributed by atoms with van der Waals surface area (Å²) >= 11 is 23.1. The van der Waals surface area contributed by atoms with E-state index in [2.05, 4.69) is 139 Å². The summed E-state index contributed by atoms with van der Waals surface area (Å²) in [5.41, 5.74) is 11.1. The van der Waals surface area contributed by atoms with Crippen molar-refractivity contribution in [3.63, 3.8) is 0 Å². The standard InChI is InChI=1S/2C24H23Cl2OSi.C2H6Si.2ClH.Zr/c2*1-14-6-8-16-10-17(22-9-7-15(2)27-22)11-19(16)23(14)18-12-20(25)24(21(26)13-18)28(3,4)5;1-3-2;;;/h2*6-13H,1-5H3;1-2H3;2*1H;/q;;;;;+2/p-2. The van der Waals surface area contributed by atoms with Gasteiger partial charge in [-0.3, -0.25) is 0 Å². The third-order valence-electron chi connectivity index (χ3n) is 13.0. The van der Waals surface area contributed by atoms with Crippen LogP contribution >= 0.6 is 63.4 Å². The summed E-state index contributed by atoms with van der Waals surface area (Å²) in [4.78, 5) is 0. The number of rotatable bonds is 8. The first-order valence-corrected chi connectivity index (χ1v) is 44.9. The van der Waals surface area contributed by atoms with E-state index in [-0.39, 0.29) is 7.25 Å². The van der Waals surface area contributed by atoms with Crippen molar-refractivity contribution in [2.75, 3.05) is 0 Å². The normalized spacial score (nSPS) is 16.7. The zero-order valence-corrected chi connectivity index (χ0v) is 47.3. The van der Waals surface area contributed by atoms with Crippen LogP contribution < -0.4 is 10.4 Å². The molecule has 0 spiro atoms. The Labute approximate surface area is 397 Å². The molecule has 2 unspecified atom stereocenters. The molecule has 62 heavy (non-hydrogen) atoms. The van der Waals surface area contributed by atoms with Crippen molar-refractivity contribution in [2.24, 2.45) is 0 Å². The molecule has 0 radical (unpaired) electrons. The second-order valence-corrected chi connectivity index (χ2v) is 70.1. The van der Waals surface area contributed by atoms with Crippen molar-refractivity contribution in [1.29, 1.82) is 0 Å². The average Bonchev–Trinajstić information content (AvgIpc) is 3.94. The number of hydrogen-bond acceptors (Lipinski definition) is 2. The van der Waals surface area contributed by atoms with E-state index >= 15 is 0 Å². The summed E-state index contributed by atoms with van der Waals surface area (Å²) in [6.45, 7) is 26.5. The topological polar surface area (TPSA) is 26.3 Å². The third kappa shape index (κ3) is 7.61. The first-order valence-electron chi connectivity index (χ1n) is 21.0. The molecule has 2 aliphatic rings. The summed E-state index contributed by atoms with van der Waals surface area (Å²) in [6.07, 6.45) is 4.58. The molecule has 0 saturated heterocycles. The molecule has 6 aromatic rings. The molecule has 0 aliphatic heterocycles. The minimum atomic E-state index is -5.55. The molecular formula is C50H52Cl6O2Si3Zr. The van der Waals surface area contributed by atoms with Gasteiger partial charge in [0.2, 0.25) is 0 Å². The molecule has 4 aromatic carbocycles. The van der Waals surface area contributed by atoms with Gasteiger partial charge in [0.05, 0.1) is 0 Å². The fourth-order valence-electron chi connectivity index (χ4n) is 10.2. The molecule has 2 nitrogen and oxygen atoms in total. The van der Waals surface area contributed by atoms with E-state index in [4.69, 9.17) is 72.3 Å². The van der Waals surface area contributed by atoms with Crippen LogP contribution in [-0.2, 0) is 15.0 Å². The van der Waals surface area contributed by atoms with Gasteiger partial charge in [-0.25, -0.2) is 0 Å². The molecule has 2 aliphatic carbocycles. The summed E-state index contributed by atoms with van der Waals surface area (Å²) in [5, 5.41) is 4.93. The Kier molecular flexibility index (Phi) is 12.2. The number of benzene rings is 4. The van der Waals surface area contributed by atoms with Crippen LogP contribution in [-0.4, -0.2) is 21.6 Å². The van der Waals surface area contributed by atoms with Gasteiger partial charge in [0.1, 0.15) is 0 Å². The van der Waals surface area contributed by atoms with Crippen molar-refractivity contribution in [2.45, 2.75) is 87.3 Å². The number of hydrogen-bond donors (Lipinski definition) is 0. The zero-order chi connectivity index (χ0) is 45.2. The maximum absolute atomic E-state index is 9.00. The first kappa shape index (κ1) is 46.7. The van der Waals surface area contributed by atoms with Crippen molar-refractivity contribution in [3.8, 4) is 22.3 Å². The van der Waals surface area contributed by atoms with E-state index in [0.29, 0.717) is 20.1 Å². The molecule has 322 valence electrons. The van der Waals surface area contributed by atoms with Gasteiger partial charge in [-0.1, -0.05) is 0 Å². The van der Waals surface area contributed by atoms with Crippen molar-refractivity contribution >= 4 is 119 Å². The van der Waals surface area contributed by atoms with E-state index in [1.807, 2.05) is 26.0 Å². The van der Waals surface area contributed by atoms with Crippen LogP contribution in [0, 0.1) is 27.7 Å². The number of furan rings is 2. The van der Waals surface area contributed by atoms with Gasteiger partial charge in [-0.2, -0.15) is 0 Å². The van der Waals surface area contributed by atoms with Crippen LogP contribution in [0.2, 0.25) is 72.5 Å². The fourth-order valence-corrected chi connectivity index (χ4v) is 45.5. The van der Waals surface area contributed by atoms with Crippen LogP contribution in [0.15, 0.2) is 81.6 Å². The first-order chi connectivity index (χ1) is 28.8. The number of aryl methyl sites for hydroxylation is 4. The van der Waals surface area contributed by atoms with E-state index < -0.39 is 36.6 Å². The predicted octanol–water partition coefficient (Wildman–Crippen LogP) is 17.3. The Hall–Kier alpha value is -1.81. The van der Waals surface area contributed by atoms with Crippen LogP contribution in [0.25, 0.3) is 45.6 Å². The van der Waals surface area contributed by atoms with Crippen LogP contribution in [0.1, 0.15) is 63.7 Å². The van der Waals surface area contributed by atoms with Gasteiger partial charge in [-0.05, 0) is 0 Å². The number of halogens is 6. The van der Waals surface area contributed by atoms with Gasteiger partial charge in [0.15, 0.2) is 0 Å². The molecule has 2 aromatic heterocycles. The Balaban J connectivity index is 1.44. The molecule has 2 atom stereocenters. The molecule has 0 bridgehead atoms. The second kappa shape index (κ2) is 16.2. The molecule has 2 heterocycles. The molecule has 0 N–H and O–H groups in total. The van der Waals surface area contributed by atoms with E-state index in [1.54, 1.807) is 0 Å². The van der Waals surface area contributed by atoms with Crippen molar-refractivity contribution in [1.82, 2.24) is 0 Å². The maximum atomic E-state index is 9.00.